The van der Waals surface area contributed by atoms with Crippen molar-refractivity contribution in [3.63, 3.8) is 0 Å². The molecule has 1 aliphatic heterocycles. The Hall–Kier alpha value is -2.88. The third-order valence-electron chi connectivity index (χ3n) is 5.05. The first kappa shape index (κ1) is 15.6. The number of piperazine rings is 1. The fourth-order valence-corrected chi connectivity index (χ4v) is 3.52. The molecule has 2 aromatic heterocycles. The maximum absolute atomic E-state index is 12.7. The Balaban J connectivity index is 1.34. The summed E-state index contributed by atoms with van der Waals surface area (Å²) in [5, 5.41) is 13.2. The second-order valence-corrected chi connectivity index (χ2v) is 6.72. The highest BCUT2D eigenvalue weighted by atomic mass is 16.2. The number of anilines is 1. The first-order valence-electron chi connectivity index (χ1n) is 8.54. The zero-order chi connectivity index (χ0) is 17.4. The molecule has 1 aliphatic carbocycles. The van der Waals surface area contributed by atoms with E-state index in [9.17, 15) is 4.79 Å². The molecular weight excluding hydrogens is 316 g/mol. The van der Waals surface area contributed by atoms with Crippen molar-refractivity contribution in [1.82, 2.24) is 19.7 Å². The van der Waals surface area contributed by atoms with Crippen molar-refractivity contribution in [2.24, 2.45) is 13.0 Å². The zero-order valence-electron chi connectivity index (χ0n) is 14.2. The maximum atomic E-state index is 12.7. The summed E-state index contributed by atoms with van der Waals surface area (Å²) in [6.07, 6.45) is 6.46. The van der Waals surface area contributed by atoms with Crippen LogP contribution >= 0.6 is 0 Å². The van der Waals surface area contributed by atoms with Crippen LogP contribution in [0.1, 0.15) is 23.5 Å². The lowest BCUT2D eigenvalue weighted by Crippen LogP contribution is -2.49. The molecule has 1 amide bonds. The number of hydrogen-bond donors (Lipinski definition) is 0. The predicted octanol–water partition coefficient (Wildman–Crippen LogP) is 1.14. The summed E-state index contributed by atoms with van der Waals surface area (Å²) in [5.74, 6) is 1.50. The van der Waals surface area contributed by atoms with Crippen LogP contribution in [0.25, 0.3) is 0 Å². The second-order valence-electron chi connectivity index (χ2n) is 6.72. The third-order valence-corrected chi connectivity index (χ3v) is 5.05. The van der Waals surface area contributed by atoms with E-state index in [1.54, 1.807) is 23.0 Å². The van der Waals surface area contributed by atoms with E-state index in [0.717, 1.165) is 30.9 Å². The third kappa shape index (κ3) is 3.07. The average molecular weight is 336 g/mol. The average Bonchev–Trinajstić information content (AvgIpc) is 3.35. The molecule has 0 radical (unpaired) electrons. The molecule has 2 atom stereocenters. The van der Waals surface area contributed by atoms with Gasteiger partial charge in [0.05, 0.1) is 17.8 Å². The Morgan fingerprint density at radius 1 is 1.32 bits per heavy atom. The van der Waals surface area contributed by atoms with Gasteiger partial charge in [0.1, 0.15) is 5.82 Å². The predicted molar refractivity (Wildman–Crippen MR) is 91.8 cm³/mol. The molecule has 25 heavy (non-hydrogen) atoms. The Kier molecular flexibility index (Phi) is 3.88. The van der Waals surface area contributed by atoms with Gasteiger partial charge in [0.25, 0.3) is 0 Å². The Labute approximate surface area is 146 Å². The van der Waals surface area contributed by atoms with Gasteiger partial charge in [-0.3, -0.25) is 9.48 Å². The number of carbonyl (C=O) groups excluding carboxylic acids is 1. The molecule has 2 aliphatic rings. The highest BCUT2D eigenvalue weighted by Gasteiger charge is 2.46. The monoisotopic (exact) mass is 336 g/mol. The molecule has 1 saturated heterocycles. The van der Waals surface area contributed by atoms with Crippen molar-refractivity contribution in [2.45, 2.75) is 12.3 Å². The van der Waals surface area contributed by atoms with Crippen molar-refractivity contribution in [1.29, 1.82) is 5.26 Å². The largest absolute Gasteiger partial charge is 0.353 e. The van der Waals surface area contributed by atoms with Crippen LogP contribution in [0.5, 0.6) is 0 Å². The molecule has 0 aromatic carbocycles. The highest BCUT2D eigenvalue weighted by molar-refractivity contribution is 5.83. The van der Waals surface area contributed by atoms with E-state index in [4.69, 9.17) is 5.26 Å². The van der Waals surface area contributed by atoms with Gasteiger partial charge < -0.3 is 9.80 Å². The molecule has 2 unspecified atom stereocenters. The van der Waals surface area contributed by atoms with Crippen molar-refractivity contribution in [3.05, 3.63) is 41.9 Å². The molecular formula is C18H20N6O. The maximum Gasteiger partial charge on any atom is 0.226 e. The van der Waals surface area contributed by atoms with Crippen LogP contribution in [0.2, 0.25) is 0 Å². The van der Waals surface area contributed by atoms with Crippen molar-refractivity contribution in [3.8, 4) is 6.07 Å². The van der Waals surface area contributed by atoms with Crippen LogP contribution < -0.4 is 4.90 Å². The molecule has 2 aromatic rings. The van der Waals surface area contributed by atoms with Gasteiger partial charge in [0.15, 0.2) is 0 Å². The SMILES string of the molecule is Cn1cc(C2CC2C(=O)N2CCN(c3cc(C#N)ccn3)CC2)cn1. The van der Waals surface area contributed by atoms with Crippen LogP contribution in [0.3, 0.4) is 0 Å². The number of nitriles is 1. The van der Waals surface area contributed by atoms with E-state index >= 15 is 0 Å². The van der Waals surface area contributed by atoms with Gasteiger partial charge in [-0.2, -0.15) is 10.4 Å². The lowest BCUT2D eigenvalue weighted by molar-refractivity contribution is -0.133. The molecule has 7 heteroatoms. The van der Waals surface area contributed by atoms with Gasteiger partial charge >= 0.3 is 0 Å². The standard InChI is InChI=1S/C18H20N6O/c1-22-12-14(11-21-22)15-9-16(15)18(25)24-6-4-23(5-7-24)17-8-13(10-19)2-3-20-17/h2-3,8,11-12,15-16H,4-7,9H2,1H3. The molecule has 2 fully saturated rings. The zero-order valence-corrected chi connectivity index (χ0v) is 14.2. The van der Waals surface area contributed by atoms with E-state index in [1.807, 2.05) is 24.3 Å². The van der Waals surface area contributed by atoms with E-state index in [2.05, 4.69) is 21.1 Å². The minimum atomic E-state index is 0.107. The van der Waals surface area contributed by atoms with Crippen LogP contribution in [0.4, 0.5) is 5.82 Å². The van der Waals surface area contributed by atoms with Gasteiger partial charge in [-0.1, -0.05) is 0 Å². The van der Waals surface area contributed by atoms with Gasteiger partial charge in [-0.05, 0) is 30.0 Å². The molecule has 3 heterocycles. The summed E-state index contributed by atoms with van der Waals surface area (Å²) in [6.45, 7) is 2.90. The molecule has 128 valence electrons. The lowest BCUT2D eigenvalue weighted by Gasteiger charge is -2.35. The number of rotatable bonds is 3. The Morgan fingerprint density at radius 2 is 2.12 bits per heavy atom. The minimum Gasteiger partial charge on any atom is -0.353 e. The van der Waals surface area contributed by atoms with Gasteiger partial charge in [0, 0.05) is 51.5 Å². The van der Waals surface area contributed by atoms with E-state index in [-0.39, 0.29) is 11.8 Å². The number of nitrogens with zero attached hydrogens (tertiary/aromatic N) is 6. The smallest absolute Gasteiger partial charge is 0.226 e. The normalized spacial score (nSPS) is 22.6. The summed E-state index contributed by atoms with van der Waals surface area (Å²) >= 11 is 0. The van der Waals surface area contributed by atoms with Crippen LogP contribution in [-0.2, 0) is 11.8 Å². The van der Waals surface area contributed by atoms with E-state index in [1.165, 1.54) is 0 Å². The number of amides is 1. The summed E-state index contributed by atoms with van der Waals surface area (Å²) in [7, 11) is 1.90. The Bertz CT molecular complexity index is 830. The fraction of sp³-hybridized carbons (Fsp3) is 0.444. The van der Waals surface area contributed by atoms with Crippen LogP contribution in [0, 0.1) is 17.2 Å². The van der Waals surface area contributed by atoms with Gasteiger partial charge in [-0.25, -0.2) is 4.98 Å². The van der Waals surface area contributed by atoms with Crippen molar-refractivity contribution >= 4 is 11.7 Å². The first-order chi connectivity index (χ1) is 12.2. The van der Waals surface area contributed by atoms with Gasteiger partial charge in [0.2, 0.25) is 5.91 Å². The summed E-state index contributed by atoms with van der Waals surface area (Å²) < 4.78 is 1.79. The number of aryl methyl sites for hydroxylation is 1. The molecule has 0 spiro atoms. The fourth-order valence-electron chi connectivity index (χ4n) is 3.52. The molecule has 0 bridgehead atoms. The summed E-state index contributed by atoms with van der Waals surface area (Å²) in [4.78, 5) is 21.2. The van der Waals surface area contributed by atoms with Crippen molar-refractivity contribution in [2.75, 3.05) is 31.1 Å². The molecule has 4 rings (SSSR count). The molecule has 0 N–H and O–H groups in total. The van der Waals surface area contributed by atoms with Gasteiger partial charge in [-0.15, -0.1) is 0 Å². The lowest BCUT2D eigenvalue weighted by atomic mass is 10.1. The number of pyridine rings is 1. The number of carbonyl (C=O) groups is 1. The second kappa shape index (κ2) is 6.20. The summed E-state index contributed by atoms with van der Waals surface area (Å²) in [6, 6.07) is 5.65. The molecule has 1 saturated carbocycles. The highest BCUT2D eigenvalue weighted by Crippen LogP contribution is 2.48. The summed E-state index contributed by atoms with van der Waals surface area (Å²) in [5.41, 5.74) is 1.78. The quantitative estimate of drug-likeness (QED) is 0.840. The van der Waals surface area contributed by atoms with E-state index < -0.39 is 0 Å². The molecule has 7 nitrogen and oxygen atoms in total. The number of aromatic nitrogens is 3. The van der Waals surface area contributed by atoms with Crippen LogP contribution in [-0.4, -0.2) is 51.8 Å². The van der Waals surface area contributed by atoms with E-state index in [0.29, 0.717) is 24.6 Å². The number of hydrogen-bond acceptors (Lipinski definition) is 5. The minimum absolute atomic E-state index is 0.107. The van der Waals surface area contributed by atoms with Crippen LogP contribution in [0.15, 0.2) is 30.7 Å². The van der Waals surface area contributed by atoms with Crippen molar-refractivity contribution < 1.29 is 4.79 Å². The Morgan fingerprint density at radius 3 is 2.80 bits per heavy atom. The first-order valence-corrected chi connectivity index (χ1v) is 8.54. The topological polar surface area (TPSA) is 78.0 Å².